The molecular formula is C11H19N3O. The van der Waals surface area contributed by atoms with Crippen LogP contribution in [0.15, 0.2) is 12.4 Å². The molecule has 2 atom stereocenters. The predicted molar refractivity (Wildman–Crippen MR) is 59.9 cm³/mol. The lowest BCUT2D eigenvalue weighted by Gasteiger charge is -2.30. The second-order valence-corrected chi connectivity index (χ2v) is 4.13. The van der Waals surface area contributed by atoms with Gasteiger partial charge in [-0.3, -0.25) is 5.10 Å². The lowest BCUT2D eigenvalue weighted by atomic mass is 10.00. The lowest BCUT2D eigenvalue weighted by Crippen LogP contribution is -2.33. The van der Waals surface area contributed by atoms with E-state index in [0.29, 0.717) is 12.1 Å². The first-order valence-corrected chi connectivity index (χ1v) is 5.75. The highest BCUT2D eigenvalue weighted by molar-refractivity contribution is 5.38. The van der Waals surface area contributed by atoms with Crippen LogP contribution in [0.4, 0.5) is 5.69 Å². The Morgan fingerprint density at radius 2 is 2.60 bits per heavy atom. The van der Waals surface area contributed by atoms with E-state index in [1.807, 2.05) is 12.4 Å². The number of ether oxygens (including phenoxy) is 1. The van der Waals surface area contributed by atoms with Crippen molar-refractivity contribution in [3.8, 4) is 0 Å². The van der Waals surface area contributed by atoms with Crippen molar-refractivity contribution >= 4 is 5.69 Å². The zero-order valence-corrected chi connectivity index (χ0v) is 9.20. The summed E-state index contributed by atoms with van der Waals surface area (Å²) in [6.07, 6.45) is 8.72. The van der Waals surface area contributed by atoms with Gasteiger partial charge in [0.2, 0.25) is 0 Å². The Kier molecular flexibility index (Phi) is 3.61. The molecular weight excluding hydrogens is 190 g/mol. The molecule has 0 aromatic carbocycles. The van der Waals surface area contributed by atoms with Gasteiger partial charge in [0.15, 0.2) is 0 Å². The van der Waals surface area contributed by atoms with E-state index in [0.717, 1.165) is 25.1 Å². The van der Waals surface area contributed by atoms with E-state index in [1.54, 1.807) is 0 Å². The van der Waals surface area contributed by atoms with E-state index in [2.05, 4.69) is 22.4 Å². The molecule has 0 bridgehead atoms. The van der Waals surface area contributed by atoms with Gasteiger partial charge in [-0.15, -0.1) is 0 Å². The Bertz CT molecular complexity index is 271. The average Bonchev–Trinajstić information content (AvgIpc) is 2.71. The number of hydrogen-bond acceptors (Lipinski definition) is 3. The summed E-state index contributed by atoms with van der Waals surface area (Å²) in [4.78, 5) is 0. The summed E-state index contributed by atoms with van der Waals surface area (Å²) in [5.41, 5.74) is 1.08. The summed E-state index contributed by atoms with van der Waals surface area (Å²) >= 11 is 0. The summed E-state index contributed by atoms with van der Waals surface area (Å²) in [7, 11) is 0. The Labute approximate surface area is 90.4 Å². The zero-order valence-electron chi connectivity index (χ0n) is 9.20. The van der Waals surface area contributed by atoms with Crippen LogP contribution in [0.3, 0.4) is 0 Å². The van der Waals surface area contributed by atoms with Crippen molar-refractivity contribution in [1.29, 1.82) is 0 Å². The molecule has 2 unspecified atom stereocenters. The first kappa shape index (κ1) is 10.5. The molecule has 0 aliphatic carbocycles. The molecule has 0 amide bonds. The van der Waals surface area contributed by atoms with Crippen LogP contribution in [-0.2, 0) is 4.74 Å². The first-order valence-electron chi connectivity index (χ1n) is 5.75. The number of nitrogens with one attached hydrogen (secondary N) is 2. The van der Waals surface area contributed by atoms with Gasteiger partial charge in [0.25, 0.3) is 0 Å². The van der Waals surface area contributed by atoms with Crippen molar-refractivity contribution in [1.82, 2.24) is 10.2 Å². The number of rotatable bonds is 4. The molecule has 15 heavy (non-hydrogen) atoms. The molecule has 2 N–H and O–H groups in total. The van der Waals surface area contributed by atoms with Crippen molar-refractivity contribution in [2.75, 3.05) is 11.9 Å². The maximum Gasteiger partial charge on any atom is 0.0725 e. The fourth-order valence-electron chi connectivity index (χ4n) is 2.10. The SMILES string of the molecule is CCCC1CC(Nc2cn[nH]c2)CCO1. The number of aromatic nitrogens is 2. The maximum absolute atomic E-state index is 5.70. The van der Waals surface area contributed by atoms with Crippen LogP contribution < -0.4 is 5.32 Å². The van der Waals surface area contributed by atoms with Gasteiger partial charge in [0.1, 0.15) is 0 Å². The van der Waals surface area contributed by atoms with Crippen molar-refractivity contribution in [3.05, 3.63) is 12.4 Å². The molecule has 1 aliphatic rings. The summed E-state index contributed by atoms with van der Waals surface area (Å²) in [6, 6.07) is 0.535. The van der Waals surface area contributed by atoms with Gasteiger partial charge in [-0.1, -0.05) is 13.3 Å². The quantitative estimate of drug-likeness (QED) is 0.799. The van der Waals surface area contributed by atoms with E-state index >= 15 is 0 Å². The van der Waals surface area contributed by atoms with Gasteiger partial charge in [-0.2, -0.15) is 5.10 Å². The van der Waals surface area contributed by atoms with Crippen LogP contribution in [0.2, 0.25) is 0 Å². The number of anilines is 1. The van der Waals surface area contributed by atoms with Crippen molar-refractivity contribution in [2.24, 2.45) is 0 Å². The lowest BCUT2D eigenvalue weighted by molar-refractivity contribution is 0.00598. The molecule has 4 heteroatoms. The molecule has 0 spiro atoms. The number of hydrogen-bond donors (Lipinski definition) is 2. The molecule has 4 nitrogen and oxygen atoms in total. The average molecular weight is 209 g/mol. The van der Waals surface area contributed by atoms with Crippen LogP contribution >= 0.6 is 0 Å². The van der Waals surface area contributed by atoms with Crippen molar-refractivity contribution < 1.29 is 4.74 Å². The molecule has 2 rings (SSSR count). The van der Waals surface area contributed by atoms with E-state index in [9.17, 15) is 0 Å². The molecule has 1 aromatic rings. The molecule has 84 valence electrons. The van der Waals surface area contributed by atoms with E-state index < -0.39 is 0 Å². The highest BCUT2D eigenvalue weighted by Gasteiger charge is 2.21. The summed E-state index contributed by atoms with van der Waals surface area (Å²) in [5, 5.41) is 10.2. The normalized spacial score (nSPS) is 26.5. The number of H-pyrrole nitrogens is 1. The summed E-state index contributed by atoms with van der Waals surface area (Å²) < 4.78 is 5.70. The Hall–Kier alpha value is -1.03. The molecule has 1 aromatic heterocycles. The van der Waals surface area contributed by atoms with Crippen LogP contribution in [0.5, 0.6) is 0 Å². The van der Waals surface area contributed by atoms with Gasteiger partial charge < -0.3 is 10.1 Å². The molecule has 0 radical (unpaired) electrons. The second-order valence-electron chi connectivity index (χ2n) is 4.13. The highest BCUT2D eigenvalue weighted by atomic mass is 16.5. The second kappa shape index (κ2) is 5.16. The Morgan fingerprint density at radius 1 is 1.67 bits per heavy atom. The minimum absolute atomic E-state index is 0.438. The Morgan fingerprint density at radius 3 is 3.33 bits per heavy atom. The minimum atomic E-state index is 0.438. The largest absolute Gasteiger partial charge is 0.380 e. The van der Waals surface area contributed by atoms with E-state index in [4.69, 9.17) is 4.74 Å². The third-order valence-corrected chi connectivity index (χ3v) is 2.85. The predicted octanol–water partition coefficient (Wildman–Crippen LogP) is 2.17. The number of aromatic amines is 1. The number of nitrogens with zero attached hydrogens (tertiary/aromatic N) is 1. The van der Waals surface area contributed by atoms with Gasteiger partial charge in [-0.05, 0) is 19.3 Å². The van der Waals surface area contributed by atoms with Crippen LogP contribution in [0, 0.1) is 0 Å². The van der Waals surface area contributed by atoms with Gasteiger partial charge >= 0.3 is 0 Å². The fourth-order valence-corrected chi connectivity index (χ4v) is 2.10. The zero-order chi connectivity index (χ0) is 10.5. The molecule has 2 heterocycles. The monoisotopic (exact) mass is 209 g/mol. The summed E-state index contributed by atoms with van der Waals surface area (Å²) in [5.74, 6) is 0. The first-order chi connectivity index (χ1) is 7.38. The molecule has 1 fully saturated rings. The molecule has 1 saturated heterocycles. The highest BCUT2D eigenvalue weighted by Crippen LogP contribution is 2.20. The van der Waals surface area contributed by atoms with Crippen molar-refractivity contribution in [2.45, 2.75) is 44.8 Å². The van der Waals surface area contributed by atoms with Gasteiger partial charge in [-0.25, -0.2) is 0 Å². The Balaban J connectivity index is 1.82. The van der Waals surface area contributed by atoms with Crippen LogP contribution in [0.25, 0.3) is 0 Å². The fraction of sp³-hybridized carbons (Fsp3) is 0.727. The minimum Gasteiger partial charge on any atom is -0.380 e. The maximum atomic E-state index is 5.70. The standard InChI is InChI=1S/C11H19N3O/c1-2-3-11-6-9(4-5-15-11)14-10-7-12-13-8-10/h7-9,11,14H,2-6H2,1H3,(H,12,13). The van der Waals surface area contributed by atoms with E-state index in [-0.39, 0.29) is 0 Å². The van der Waals surface area contributed by atoms with Crippen LogP contribution in [0.1, 0.15) is 32.6 Å². The smallest absolute Gasteiger partial charge is 0.0725 e. The third kappa shape index (κ3) is 2.96. The topological polar surface area (TPSA) is 49.9 Å². The van der Waals surface area contributed by atoms with Gasteiger partial charge in [0.05, 0.1) is 18.0 Å². The van der Waals surface area contributed by atoms with Crippen molar-refractivity contribution in [3.63, 3.8) is 0 Å². The third-order valence-electron chi connectivity index (χ3n) is 2.85. The van der Waals surface area contributed by atoms with E-state index in [1.165, 1.54) is 12.8 Å². The van der Waals surface area contributed by atoms with Crippen LogP contribution in [-0.4, -0.2) is 29.0 Å². The molecule has 1 aliphatic heterocycles. The summed E-state index contributed by atoms with van der Waals surface area (Å²) in [6.45, 7) is 3.08. The van der Waals surface area contributed by atoms with Gasteiger partial charge in [0, 0.05) is 18.8 Å². The molecule has 0 saturated carbocycles.